The van der Waals surface area contributed by atoms with Crippen LogP contribution < -0.4 is 5.32 Å². The Kier molecular flexibility index (Phi) is 1.82. The SMILES string of the molecule is CC1(C)NCC1C[S+]=O. The highest BCUT2D eigenvalue weighted by molar-refractivity contribution is 7.65. The second-order valence-electron chi connectivity index (χ2n) is 3.08. The van der Waals surface area contributed by atoms with Gasteiger partial charge >= 0.3 is 11.7 Å². The summed E-state index contributed by atoms with van der Waals surface area (Å²) in [7, 11) is 0. The summed E-state index contributed by atoms with van der Waals surface area (Å²) < 4.78 is 10.1. The minimum atomic E-state index is 0.220. The summed E-state index contributed by atoms with van der Waals surface area (Å²) in [6.07, 6.45) is 0. The van der Waals surface area contributed by atoms with Crippen molar-refractivity contribution in [3.63, 3.8) is 0 Å². The molecule has 1 fully saturated rings. The number of hydrogen-bond acceptors (Lipinski definition) is 2. The van der Waals surface area contributed by atoms with Gasteiger partial charge in [0.25, 0.3) is 0 Å². The fourth-order valence-corrected chi connectivity index (χ4v) is 1.70. The van der Waals surface area contributed by atoms with Crippen molar-refractivity contribution in [1.82, 2.24) is 5.32 Å². The van der Waals surface area contributed by atoms with E-state index in [1.807, 2.05) is 0 Å². The van der Waals surface area contributed by atoms with Crippen LogP contribution in [-0.2, 0) is 15.9 Å². The molecule has 1 unspecified atom stereocenters. The van der Waals surface area contributed by atoms with Crippen LogP contribution in [0.5, 0.6) is 0 Å². The molecule has 1 atom stereocenters. The van der Waals surface area contributed by atoms with Crippen LogP contribution in [0.15, 0.2) is 0 Å². The van der Waals surface area contributed by atoms with Crippen molar-refractivity contribution in [2.75, 3.05) is 12.3 Å². The summed E-state index contributed by atoms with van der Waals surface area (Å²) in [5.41, 5.74) is 0.220. The fraction of sp³-hybridized carbons (Fsp3) is 1.00. The summed E-state index contributed by atoms with van der Waals surface area (Å²) in [6, 6.07) is 0. The van der Waals surface area contributed by atoms with Gasteiger partial charge in [-0.05, 0) is 13.8 Å². The second kappa shape index (κ2) is 2.31. The van der Waals surface area contributed by atoms with E-state index >= 15 is 0 Å². The fourth-order valence-electron chi connectivity index (χ4n) is 1.00. The van der Waals surface area contributed by atoms with Crippen LogP contribution in [0.3, 0.4) is 0 Å². The van der Waals surface area contributed by atoms with Crippen LogP contribution >= 0.6 is 0 Å². The molecule has 1 saturated heterocycles. The third kappa shape index (κ3) is 1.27. The van der Waals surface area contributed by atoms with Gasteiger partial charge in [0.05, 0.1) is 0 Å². The molecule has 1 heterocycles. The van der Waals surface area contributed by atoms with E-state index in [4.69, 9.17) is 0 Å². The molecule has 3 heteroatoms. The van der Waals surface area contributed by atoms with Crippen LogP contribution in [0.4, 0.5) is 0 Å². The van der Waals surface area contributed by atoms with Crippen molar-refractivity contribution >= 4 is 11.7 Å². The molecule has 9 heavy (non-hydrogen) atoms. The zero-order valence-corrected chi connectivity index (χ0v) is 6.62. The molecule has 0 saturated carbocycles. The van der Waals surface area contributed by atoms with Crippen molar-refractivity contribution in [2.24, 2.45) is 5.92 Å². The average Bonchev–Trinajstić information content (AvgIpc) is 1.81. The number of nitrogens with one attached hydrogen (secondary N) is 1. The molecule has 1 aliphatic rings. The molecule has 0 radical (unpaired) electrons. The largest absolute Gasteiger partial charge is 0.459 e. The molecule has 2 nitrogen and oxygen atoms in total. The molecule has 1 aliphatic heterocycles. The average molecular weight is 146 g/mol. The summed E-state index contributed by atoms with van der Waals surface area (Å²) in [4.78, 5) is 0. The maximum atomic E-state index is 10.1. The van der Waals surface area contributed by atoms with Gasteiger partial charge in [0.1, 0.15) is 0 Å². The van der Waals surface area contributed by atoms with E-state index in [0.717, 1.165) is 12.3 Å². The van der Waals surface area contributed by atoms with Crippen LogP contribution in [-0.4, -0.2) is 17.8 Å². The van der Waals surface area contributed by atoms with Crippen molar-refractivity contribution < 1.29 is 4.21 Å². The summed E-state index contributed by atoms with van der Waals surface area (Å²) >= 11 is 0.698. The molecule has 1 N–H and O–H groups in total. The van der Waals surface area contributed by atoms with Gasteiger partial charge in [-0.2, -0.15) is 0 Å². The van der Waals surface area contributed by atoms with Crippen molar-refractivity contribution in [3.8, 4) is 0 Å². The Labute approximate surface area is 59.5 Å². The molecule has 0 amide bonds. The summed E-state index contributed by atoms with van der Waals surface area (Å²) in [5, 5.41) is 3.27. The van der Waals surface area contributed by atoms with Gasteiger partial charge in [0.2, 0.25) is 5.75 Å². The van der Waals surface area contributed by atoms with Crippen molar-refractivity contribution in [3.05, 3.63) is 0 Å². The first kappa shape index (κ1) is 7.09. The first-order chi connectivity index (χ1) is 4.17. The molecule has 1 rings (SSSR count). The van der Waals surface area contributed by atoms with Crippen LogP contribution in [0.1, 0.15) is 13.8 Å². The third-order valence-corrected chi connectivity index (χ3v) is 2.63. The van der Waals surface area contributed by atoms with Gasteiger partial charge in [-0.15, -0.1) is 0 Å². The van der Waals surface area contributed by atoms with Gasteiger partial charge in [0.15, 0.2) is 0 Å². The van der Waals surface area contributed by atoms with Gasteiger partial charge in [0, 0.05) is 22.2 Å². The van der Waals surface area contributed by atoms with Gasteiger partial charge < -0.3 is 5.32 Å². The Morgan fingerprint density at radius 3 is 2.56 bits per heavy atom. The zero-order valence-electron chi connectivity index (χ0n) is 5.81. The predicted octanol–water partition coefficient (Wildman–Crippen LogP) is 0.412. The molecule has 0 aliphatic carbocycles. The van der Waals surface area contributed by atoms with E-state index in [0.29, 0.717) is 17.6 Å². The van der Waals surface area contributed by atoms with Crippen LogP contribution in [0.25, 0.3) is 0 Å². The topological polar surface area (TPSA) is 29.1 Å². The third-order valence-electron chi connectivity index (χ3n) is 2.09. The van der Waals surface area contributed by atoms with E-state index < -0.39 is 0 Å². The number of rotatable bonds is 2. The van der Waals surface area contributed by atoms with Crippen LogP contribution in [0, 0.1) is 5.92 Å². The lowest BCUT2D eigenvalue weighted by atomic mass is 9.81. The Morgan fingerprint density at radius 1 is 1.78 bits per heavy atom. The highest BCUT2D eigenvalue weighted by Gasteiger charge is 2.41. The standard InChI is InChI=1S/C6H12NOS/c1-6(2)5(3-7-6)4-9-8/h5,7H,3-4H2,1-2H3/q+1. The Hall–Kier alpha value is -0.0200. The molecule has 0 spiro atoms. The smallest absolute Gasteiger partial charge is 0.311 e. The van der Waals surface area contributed by atoms with Gasteiger partial charge in [-0.25, -0.2) is 0 Å². The lowest BCUT2D eigenvalue weighted by Crippen LogP contribution is -2.62. The van der Waals surface area contributed by atoms with E-state index in [1.54, 1.807) is 0 Å². The monoisotopic (exact) mass is 146 g/mol. The summed E-state index contributed by atoms with van der Waals surface area (Å²) in [5.74, 6) is 1.33. The first-order valence-electron chi connectivity index (χ1n) is 3.16. The Morgan fingerprint density at radius 2 is 2.44 bits per heavy atom. The highest BCUT2D eigenvalue weighted by Crippen LogP contribution is 2.24. The van der Waals surface area contributed by atoms with E-state index in [9.17, 15) is 4.21 Å². The molecule has 0 bridgehead atoms. The Balaban J connectivity index is 2.36. The molecule has 0 aromatic carbocycles. The highest BCUT2D eigenvalue weighted by atomic mass is 32.1. The van der Waals surface area contributed by atoms with E-state index in [-0.39, 0.29) is 5.54 Å². The minimum absolute atomic E-state index is 0.220. The lowest BCUT2D eigenvalue weighted by Gasteiger charge is -2.42. The molecular weight excluding hydrogens is 134 g/mol. The molecule has 52 valence electrons. The van der Waals surface area contributed by atoms with Crippen molar-refractivity contribution in [1.29, 1.82) is 0 Å². The van der Waals surface area contributed by atoms with Gasteiger partial charge in [-0.1, -0.05) is 0 Å². The maximum Gasteiger partial charge on any atom is 0.459 e. The zero-order chi connectivity index (χ0) is 6.91. The van der Waals surface area contributed by atoms with Crippen LogP contribution in [0.2, 0.25) is 0 Å². The molecule has 0 aromatic rings. The van der Waals surface area contributed by atoms with E-state index in [2.05, 4.69) is 19.2 Å². The summed E-state index contributed by atoms with van der Waals surface area (Å²) in [6.45, 7) is 5.29. The van der Waals surface area contributed by atoms with E-state index in [1.165, 1.54) is 0 Å². The predicted molar refractivity (Wildman–Crippen MR) is 38.5 cm³/mol. The quantitative estimate of drug-likeness (QED) is 0.572. The second-order valence-corrected chi connectivity index (χ2v) is 3.65. The molecule has 0 aromatic heterocycles. The number of hydrogen-bond donors (Lipinski definition) is 1. The Bertz CT molecular complexity index is 124. The maximum absolute atomic E-state index is 10.1. The first-order valence-corrected chi connectivity index (χ1v) is 4.07. The molecular formula is C6H12NOS+. The lowest BCUT2D eigenvalue weighted by molar-refractivity contribution is 0.161. The minimum Gasteiger partial charge on any atom is -0.311 e. The van der Waals surface area contributed by atoms with Gasteiger partial charge in [-0.3, -0.25) is 0 Å². The normalized spacial score (nSPS) is 31.1. The van der Waals surface area contributed by atoms with Crippen molar-refractivity contribution in [2.45, 2.75) is 19.4 Å².